The summed E-state index contributed by atoms with van der Waals surface area (Å²) in [5.41, 5.74) is 0.176. The molecule has 2 atom stereocenters. The Morgan fingerprint density at radius 1 is 1.33 bits per heavy atom. The molecule has 1 amide bonds. The molecule has 3 N–H and O–H groups in total. The fourth-order valence-electron chi connectivity index (χ4n) is 2.88. The summed E-state index contributed by atoms with van der Waals surface area (Å²) >= 11 is 0. The number of phenolic OH excluding ortho intramolecular Hbond substituents is 2. The molecule has 0 unspecified atom stereocenters. The monoisotopic (exact) mass is 248 g/mol. The fourth-order valence-corrected chi connectivity index (χ4v) is 2.88. The van der Waals surface area contributed by atoms with E-state index < -0.39 is 0 Å². The molecule has 96 valence electrons. The van der Waals surface area contributed by atoms with E-state index in [1.165, 1.54) is 18.2 Å². The molecule has 5 nitrogen and oxygen atoms in total. The maximum absolute atomic E-state index is 12.3. The highest BCUT2D eigenvalue weighted by Gasteiger charge is 2.38. The van der Waals surface area contributed by atoms with Gasteiger partial charge in [-0.2, -0.15) is 0 Å². The van der Waals surface area contributed by atoms with E-state index in [1.54, 1.807) is 4.90 Å². The van der Waals surface area contributed by atoms with Crippen LogP contribution in [0.5, 0.6) is 11.5 Å². The Morgan fingerprint density at radius 3 is 2.94 bits per heavy atom. The number of rotatable bonds is 1. The molecule has 1 aromatic rings. The van der Waals surface area contributed by atoms with Gasteiger partial charge in [0.1, 0.15) is 11.5 Å². The van der Waals surface area contributed by atoms with Gasteiger partial charge in [0.05, 0.1) is 5.56 Å². The topological polar surface area (TPSA) is 72.8 Å². The molecule has 0 aliphatic carbocycles. The Hall–Kier alpha value is -1.75. The second kappa shape index (κ2) is 4.17. The van der Waals surface area contributed by atoms with Crippen molar-refractivity contribution < 1.29 is 15.0 Å². The zero-order valence-corrected chi connectivity index (χ0v) is 9.97. The first-order chi connectivity index (χ1) is 8.65. The first kappa shape index (κ1) is 11.3. The molecule has 2 aliphatic rings. The molecule has 5 heteroatoms. The summed E-state index contributed by atoms with van der Waals surface area (Å²) in [7, 11) is 0. The van der Waals surface area contributed by atoms with Crippen molar-refractivity contribution in [3.05, 3.63) is 23.8 Å². The molecule has 2 aliphatic heterocycles. The van der Waals surface area contributed by atoms with Gasteiger partial charge in [-0.1, -0.05) is 0 Å². The third-order valence-corrected chi connectivity index (χ3v) is 3.86. The molecule has 0 radical (unpaired) electrons. The second-order valence-electron chi connectivity index (χ2n) is 5.02. The molecule has 0 bridgehead atoms. The number of aromatic hydroxyl groups is 2. The number of likely N-dealkylation sites (tertiary alicyclic amines) is 1. The van der Waals surface area contributed by atoms with Gasteiger partial charge in [0.15, 0.2) is 0 Å². The van der Waals surface area contributed by atoms with E-state index in [-0.39, 0.29) is 23.0 Å². The third-order valence-electron chi connectivity index (χ3n) is 3.86. The minimum atomic E-state index is -0.209. The van der Waals surface area contributed by atoms with Gasteiger partial charge >= 0.3 is 0 Å². The predicted molar refractivity (Wildman–Crippen MR) is 65.6 cm³/mol. The Balaban J connectivity index is 1.81. The molecule has 0 spiro atoms. The van der Waals surface area contributed by atoms with Crippen LogP contribution < -0.4 is 5.32 Å². The van der Waals surface area contributed by atoms with Gasteiger partial charge in [0.2, 0.25) is 0 Å². The minimum absolute atomic E-state index is 0.00586. The second-order valence-corrected chi connectivity index (χ2v) is 5.02. The van der Waals surface area contributed by atoms with E-state index in [0.29, 0.717) is 18.5 Å². The summed E-state index contributed by atoms with van der Waals surface area (Å²) in [5, 5.41) is 22.5. The highest BCUT2D eigenvalue weighted by molar-refractivity contribution is 5.97. The number of carbonyl (C=O) groups excluding carboxylic acids is 1. The Labute approximate surface area is 105 Å². The van der Waals surface area contributed by atoms with Gasteiger partial charge in [-0.15, -0.1) is 0 Å². The van der Waals surface area contributed by atoms with Crippen molar-refractivity contribution in [1.29, 1.82) is 0 Å². The first-order valence-corrected chi connectivity index (χ1v) is 6.20. The third kappa shape index (κ3) is 1.80. The molecule has 3 rings (SSSR count). The van der Waals surface area contributed by atoms with E-state index in [0.717, 1.165) is 19.5 Å². The molecule has 0 saturated carbocycles. The average molecular weight is 248 g/mol. The highest BCUT2D eigenvalue weighted by atomic mass is 16.3. The molecule has 18 heavy (non-hydrogen) atoms. The van der Waals surface area contributed by atoms with Crippen molar-refractivity contribution >= 4 is 5.91 Å². The Bertz CT molecular complexity index is 477. The number of benzene rings is 1. The number of amides is 1. The smallest absolute Gasteiger partial charge is 0.257 e. The lowest BCUT2D eigenvalue weighted by Gasteiger charge is -2.18. The lowest BCUT2D eigenvalue weighted by atomic mass is 10.1. The molecule has 2 heterocycles. The SMILES string of the molecule is O=C(c1cc(O)ccc1O)N1C[C@@H]2CCN[C@@H]2C1. The van der Waals surface area contributed by atoms with Crippen molar-refractivity contribution in [2.45, 2.75) is 12.5 Å². The summed E-state index contributed by atoms with van der Waals surface area (Å²) in [6, 6.07) is 4.41. The number of phenols is 2. The van der Waals surface area contributed by atoms with Gasteiger partial charge in [0, 0.05) is 19.1 Å². The number of carbonyl (C=O) groups is 1. The van der Waals surface area contributed by atoms with Crippen LogP contribution in [0.15, 0.2) is 18.2 Å². The number of fused-ring (bicyclic) bond motifs is 1. The first-order valence-electron chi connectivity index (χ1n) is 6.20. The number of hydrogen-bond donors (Lipinski definition) is 3. The zero-order chi connectivity index (χ0) is 12.7. The highest BCUT2D eigenvalue weighted by Crippen LogP contribution is 2.29. The van der Waals surface area contributed by atoms with Crippen molar-refractivity contribution in [2.24, 2.45) is 5.92 Å². The van der Waals surface area contributed by atoms with Crippen molar-refractivity contribution in [2.75, 3.05) is 19.6 Å². The van der Waals surface area contributed by atoms with Crippen LogP contribution in [0.3, 0.4) is 0 Å². The van der Waals surface area contributed by atoms with Crippen molar-refractivity contribution in [1.82, 2.24) is 10.2 Å². The molecular weight excluding hydrogens is 232 g/mol. The predicted octanol–water partition coefficient (Wildman–Crippen LogP) is 0.532. The van der Waals surface area contributed by atoms with Crippen molar-refractivity contribution in [3.63, 3.8) is 0 Å². The summed E-state index contributed by atoms with van der Waals surface area (Å²) in [5.74, 6) is 0.226. The largest absolute Gasteiger partial charge is 0.508 e. The fraction of sp³-hybridized carbons (Fsp3) is 0.462. The normalized spacial score (nSPS) is 26.3. The van der Waals surface area contributed by atoms with E-state index >= 15 is 0 Å². The molecular formula is C13H16N2O3. The maximum Gasteiger partial charge on any atom is 0.257 e. The summed E-state index contributed by atoms with van der Waals surface area (Å²) < 4.78 is 0. The summed E-state index contributed by atoms with van der Waals surface area (Å²) in [4.78, 5) is 14.0. The molecule has 2 fully saturated rings. The van der Waals surface area contributed by atoms with Gasteiger partial charge in [-0.05, 0) is 37.1 Å². The van der Waals surface area contributed by atoms with E-state index in [4.69, 9.17) is 0 Å². The molecule has 2 saturated heterocycles. The number of hydrogen-bond acceptors (Lipinski definition) is 4. The minimum Gasteiger partial charge on any atom is -0.508 e. The van der Waals surface area contributed by atoms with Gasteiger partial charge in [-0.3, -0.25) is 4.79 Å². The van der Waals surface area contributed by atoms with E-state index in [2.05, 4.69) is 5.32 Å². The van der Waals surface area contributed by atoms with Crippen LogP contribution in [0.25, 0.3) is 0 Å². The van der Waals surface area contributed by atoms with Gasteiger partial charge in [0.25, 0.3) is 5.91 Å². The Morgan fingerprint density at radius 2 is 2.17 bits per heavy atom. The van der Waals surface area contributed by atoms with Gasteiger partial charge in [-0.25, -0.2) is 0 Å². The van der Waals surface area contributed by atoms with Crippen molar-refractivity contribution in [3.8, 4) is 11.5 Å². The van der Waals surface area contributed by atoms with Crippen LogP contribution in [-0.4, -0.2) is 46.7 Å². The van der Waals surface area contributed by atoms with Crippen LogP contribution in [0.4, 0.5) is 0 Å². The lowest BCUT2D eigenvalue weighted by molar-refractivity contribution is 0.0779. The number of nitrogens with zero attached hydrogens (tertiary/aromatic N) is 1. The maximum atomic E-state index is 12.3. The van der Waals surface area contributed by atoms with Gasteiger partial charge < -0.3 is 20.4 Å². The molecule has 0 aromatic heterocycles. The average Bonchev–Trinajstić information content (AvgIpc) is 2.91. The standard InChI is InChI=1S/C13H16N2O3/c16-9-1-2-12(17)10(5-9)13(18)15-6-8-3-4-14-11(8)7-15/h1-2,5,8,11,14,16-17H,3-4,6-7H2/t8-,11+/m0/s1. The number of nitrogens with one attached hydrogen (secondary N) is 1. The van der Waals surface area contributed by atoms with Crippen LogP contribution >= 0.6 is 0 Å². The quantitative estimate of drug-likeness (QED) is 0.634. The van der Waals surface area contributed by atoms with Crippen LogP contribution in [0.1, 0.15) is 16.8 Å². The van der Waals surface area contributed by atoms with E-state index in [1.807, 2.05) is 0 Å². The summed E-state index contributed by atoms with van der Waals surface area (Å²) in [6.45, 7) is 2.43. The summed E-state index contributed by atoms with van der Waals surface area (Å²) in [6.07, 6.45) is 1.10. The Kier molecular flexibility index (Phi) is 2.63. The molecule has 1 aromatic carbocycles. The van der Waals surface area contributed by atoms with E-state index in [9.17, 15) is 15.0 Å². The zero-order valence-electron chi connectivity index (χ0n) is 9.97. The van der Waals surface area contributed by atoms with Crippen LogP contribution in [-0.2, 0) is 0 Å². The van der Waals surface area contributed by atoms with Crippen LogP contribution in [0.2, 0.25) is 0 Å². The lowest BCUT2D eigenvalue weighted by Crippen LogP contribution is -2.33. The van der Waals surface area contributed by atoms with Crippen LogP contribution in [0, 0.1) is 5.92 Å².